The van der Waals surface area contributed by atoms with Crippen molar-refractivity contribution in [1.29, 1.82) is 0 Å². The van der Waals surface area contributed by atoms with E-state index in [1.807, 2.05) is 0 Å². The molecule has 1 aliphatic carbocycles. The van der Waals surface area contributed by atoms with Gasteiger partial charge in [-0.05, 0) is 37.0 Å². The van der Waals surface area contributed by atoms with Crippen LogP contribution in [0.25, 0.3) is 0 Å². The van der Waals surface area contributed by atoms with Gasteiger partial charge >= 0.3 is 5.97 Å². The minimum absolute atomic E-state index is 0.0550. The lowest BCUT2D eigenvalue weighted by atomic mass is 9.86. The third-order valence-corrected chi connectivity index (χ3v) is 3.30. The van der Waals surface area contributed by atoms with Crippen molar-refractivity contribution in [3.63, 3.8) is 0 Å². The van der Waals surface area contributed by atoms with Crippen LogP contribution in [0.3, 0.4) is 0 Å². The molecular formula is C13H15ClO3. The molecule has 1 aromatic rings. The minimum atomic E-state index is -0.874. The highest BCUT2D eigenvalue weighted by atomic mass is 35.5. The van der Waals surface area contributed by atoms with E-state index in [0.717, 1.165) is 0 Å². The summed E-state index contributed by atoms with van der Waals surface area (Å²) in [6.45, 7) is 0.675. The summed E-state index contributed by atoms with van der Waals surface area (Å²) in [5.41, 5.74) is 0.643. The van der Waals surface area contributed by atoms with Gasteiger partial charge in [0.2, 0.25) is 0 Å². The van der Waals surface area contributed by atoms with Crippen LogP contribution in [-0.4, -0.2) is 17.7 Å². The van der Waals surface area contributed by atoms with Crippen molar-refractivity contribution in [2.75, 3.05) is 6.61 Å². The van der Waals surface area contributed by atoms with Gasteiger partial charge in [-0.3, -0.25) is 4.79 Å². The lowest BCUT2D eigenvalue weighted by Gasteiger charge is -2.25. The number of aliphatic carboxylic acids is 1. The maximum Gasteiger partial charge on any atom is 0.307 e. The third kappa shape index (κ3) is 3.37. The summed E-state index contributed by atoms with van der Waals surface area (Å²) >= 11 is 5.85. The summed E-state index contributed by atoms with van der Waals surface area (Å²) < 4.78 is 5.67. The van der Waals surface area contributed by atoms with Gasteiger partial charge in [-0.2, -0.15) is 0 Å². The van der Waals surface area contributed by atoms with E-state index < -0.39 is 5.97 Å². The predicted molar refractivity (Wildman–Crippen MR) is 65.6 cm³/mol. The second-order valence-electron chi connectivity index (χ2n) is 4.43. The SMILES string of the molecule is O=C(O)Cc1cc(Cl)ccc1OCC1CCC1. The molecule has 0 radical (unpaired) electrons. The van der Waals surface area contributed by atoms with Crippen molar-refractivity contribution in [2.45, 2.75) is 25.7 Å². The molecule has 2 rings (SSSR count). The molecule has 1 aromatic carbocycles. The summed E-state index contributed by atoms with van der Waals surface area (Å²) in [7, 11) is 0. The molecule has 0 heterocycles. The third-order valence-electron chi connectivity index (χ3n) is 3.06. The zero-order chi connectivity index (χ0) is 12.3. The average Bonchev–Trinajstić information content (AvgIpc) is 2.17. The van der Waals surface area contributed by atoms with Gasteiger partial charge in [0, 0.05) is 10.6 Å². The van der Waals surface area contributed by atoms with Gasteiger partial charge in [-0.1, -0.05) is 18.0 Å². The number of benzene rings is 1. The minimum Gasteiger partial charge on any atom is -0.493 e. The maximum absolute atomic E-state index is 10.7. The Hall–Kier alpha value is -1.22. The van der Waals surface area contributed by atoms with Crippen LogP contribution in [0.5, 0.6) is 5.75 Å². The maximum atomic E-state index is 10.7. The fraction of sp³-hybridized carbons (Fsp3) is 0.462. The van der Waals surface area contributed by atoms with Crippen LogP contribution in [0.2, 0.25) is 5.02 Å². The van der Waals surface area contributed by atoms with E-state index in [0.29, 0.717) is 28.9 Å². The Labute approximate surface area is 105 Å². The Bertz CT molecular complexity index is 413. The van der Waals surface area contributed by atoms with Crippen molar-refractivity contribution >= 4 is 17.6 Å². The highest BCUT2D eigenvalue weighted by Crippen LogP contribution is 2.29. The number of hydrogen-bond acceptors (Lipinski definition) is 2. The molecule has 0 aliphatic heterocycles. The second kappa shape index (κ2) is 5.41. The molecule has 0 unspecified atom stereocenters. The van der Waals surface area contributed by atoms with Crippen molar-refractivity contribution < 1.29 is 14.6 Å². The Balaban J connectivity index is 2.04. The lowest BCUT2D eigenvalue weighted by molar-refractivity contribution is -0.136. The number of carbonyl (C=O) groups is 1. The van der Waals surface area contributed by atoms with Crippen molar-refractivity contribution in [1.82, 2.24) is 0 Å². The van der Waals surface area contributed by atoms with E-state index in [4.69, 9.17) is 21.4 Å². The molecule has 4 heteroatoms. The van der Waals surface area contributed by atoms with E-state index in [-0.39, 0.29) is 6.42 Å². The van der Waals surface area contributed by atoms with Gasteiger partial charge in [0.25, 0.3) is 0 Å². The highest BCUT2D eigenvalue weighted by molar-refractivity contribution is 6.30. The zero-order valence-corrected chi connectivity index (χ0v) is 10.2. The largest absolute Gasteiger partial charge is 0.493 e. The van der Waals surface area contributed by atoms with Gasteiger partial charge < -0.3 is 9.84 Å². The molecule has 1 fully saturated rings. The molecule has 1 aliphatic rings. The topological polar surface area (TPSA) is 46.5 Å². The Morgan fingerprint density at radius 2 is 2.24 bits per heavy atom. The molecule has 0 spiro atoms. The number of ether oxygens (including phenoxy) is 1. The number of carboxylic acid groups (broad SMARTS) is 1. The Kier molecular flexibility index (Phi) is 3.89. The van der Waals surface area contributed by atoms with Crippen molar-refractivity contribution in [3.8, 4) is 5.75 Å². The van der Waals surface area contributed by atoms with Crippen LogP contribution >= 0.6 is 11.6 Å². The zero-order valence-electron chi connectivity index (χ0n) is 9.49. The molecule has 92 valence electrons. The first kappa shape index (κ1) is 12.2. The molecule has 1 saturated carbocycles. The van der Waals surface area contributed by atoms with E-state index in [2.05, 4.69) is 0 Å². The molecule has 0 bridgehead atoms. The van der Waals surface area contributed by atoms with Gasteiger partial charge in [0.05, 0.1) is 13.0 Å². The monoisotopic (exact) mass is 254 g/mol. The summed E-state index contributed by atoms with van der Waals surface area (Å²) in [5.74, 6) is 0.396. The number of rotatable bonds is 5. The molecule has 0 amide bonds. The summed E-state index contributed by atoms with van der Waals surface area (Å²) in [6, 6.07) is 5.13. The fourth-order valence-electron chi connectivity index (χ4n) is 1.86. The summed E-state index contributed by atoms with van der Waals surface area (Å²) in [4.78, 5) is 10.7. The molecule has 0 atom stereocenters. The Morgan fingerprint density at radius 3 is 2.82 bits per heavy atom. The van der Waals surface area contributed by atoms with Gasteiger partial charge in [0.1, 0.15) is 5.75 Å². The van der Waals surface area contributed by atoms with E-state index in [1.54, 1.807) is 18.2 Å². The first-order chi connectivity index (χ1) is 8.15. The molecule has 3 nitrogen and oxygen atoms in total. The number of hydrogen-bond donors (Lipinski definition) is 1. The Morgan fingerprint density at radius 1 is 1.47 bits per heavy atom. The molecule has 0 aromatic heterocycles. The van der Waals surface area contributed by atoms with Gasteiger partial charge in [-0.25, -0.2) is 0 Å². The first-order valence-corrected chi connectivity index (χ1v) is 6.16. The van der Waals surface area contributed by atoms with Gasteiger partial charge in [0.15, 0.2) is 0 Å². The van der Waals surface area contributed by atoms with E-state index in [1.165, 1.54) is 19.3 Å². The molecule has 1 N–H and O–H groups in total. The quantitative estimate of drug-likeness (QED) is 0.878. The smallest absolute Gasteiger partial charge is 0.307 e. The highest BCUT2D eigenvalue weighted by Gasteiger charge is 2.18. The van der Waals surface area contributed by atoms with Crippen LogP contribution in [-0.2, 0) is 11.2 Å². The lowest BCUT2D eigenvalue weighted by Crippen LogP contribution is -2.19. The van der Waals surface area contributed by atoms with Crippen molar-refractivity contribution in [2.24, 2.45) is 5.92 Å². The molecule has 0 saturated heterocycles. The van der Waals surface area contributed by atoms with Gasteiger partial charge in [-0.15, -0.1) is 0 Å². The summed E-state index contributed by atoms with van der Waals surface area (Å²) in [5, 5.41) is 9.36. The van der Waals surface area contributed by atoms with Crippen LogP contribution in [0, 0.1) is 5.92 Å². The normalized spacial score (nSPS) is 15.4. The fourth-order valence-corrected chi connectivity index (χ4v) is 2.05. The molecule has 17 heavy (non-hydrogen) atoms. The number of halogens is 1. The van der Waals surface area contributed by atoms with Crippen LogP contribution < -0.4 is 4.74 Å². The summed E-state index contributed by atoms with van der Waals surface area (Å²) in [6.07, 6.45) is 3.64. The molecular weight excluding hydrogens is 240 g/mol. The second-order valence-corrected chi connectivity index (χ2v) is 4.87. The average molecular weight is 255 g/mol. The van der Waals surface area contributed by atoms with E-state index in [9.17, 15) is 4.79 Å². The van der Waals surface area contributed by atoms with E-state index >= 15 is 0 Å². The van der Waals surface area contributed by atoms with Crippen LogP contribution in [0.1, 0.15) is 24.8 Å². The first-order valence-electron chi connectivity index (χ1n) is 5.78. The predicted octanol–water partition coefficient (Wildman–Crippen LogP) is 3.15. The van der Waals surface area contributed by atoms with Crippen LogP contribution in [0.15, 0.2) is 18.2 Å². The van der Waals surface area contributed by atoms with Crippen LogP contribution in [0.4, 0.5) is 0 Å². The van der Waals surface area contributed by atoms with Crippen molar-refractivity contribution in [3.05, 3.63) is 28.8 Å². The number of carboxylic acids is 1. The standard InChI is InChI=1S/C13H15ClO3/c14-11-4-5-12(10(6-11)7-13(15)16)17-8-9-2-1-3-9/h4-6,9H,1-3,7-8H2,(H,15,16).